The second kappa shape index (κ2) is 4.80. The molecule has 2 aromatic rings. The molecule has 0 spiro atoms. The van der Waals surface area contributed by atoms with Crippen molar-refractivity contribution in [2.24, 2.45) is 0 Å². The number of aryl methyl sites for hydroxylation is 2. The van der Waals surface area contributed by atoms with Crippen LogP contribution < -0.4 is 0 Å². The first-order chi connectivity index (χ1) is 6.83. The Bertz CT molecular complexity index is 402. The fraction of sp³-hybridized carbons (Fsp3) is 0.417. The minimum atomic E-state index is 1.04. The molecule has 2 nitrogen and oxygen atoms in total. The highest BCUT2D eigenvalue weighted by molar-refractivity contribution is 5.48. The maximum Gasteiger partial charge on any atom is 0.140 e. The zero-order valence-corrected chi connectivity index (χ0v) is 9.41. The van der Waals surface area contributed by atoms with E-state index in [9.17, 15) is 0 Å². The van der Waals surface area contributed by atoms with Gasteiger partial charge in [0, 0.05) is 18.1 Å². The van der Waals surface area contributed by atoms with Gasteiger partial charge in [-0.3, -0.25) is 0 Å². The van der Waals surface area contributed by atoms with Crippen molar-refractivity contribution in [2.45, 2.75) is 34.1 Å². The third-order valence-electron chi connectivity index (χ3n) is 2.21. The molecule has 2 heteroatoms. The molecule has 0 bridgehead atoms. The number of pyridine rings is 1. The van der Waals surface area contributed by atoms with Crippen LogP contribution in [0.5, 0.6) is 0 Å². The number of imidazole rings is 1. The second-order valence-corrected chi connectivity index (χ2v) is 2.97. The molecule has 0 N–H and O–H groups in total. The van der Waals surface area contributed by atoms with Gasteiger partial charge in [-0.05, 0) is 25.0 Å². The monoisotopic (exact) mass is 190 g/mol. The summed E-state index contributed by atoms with van der Waals surface area (Å²) in [7, 11) is 0. The Morgan fingerprint density at radius 2 is 2.00 bits per heavy atom. The van der Waals surface area contributed by atoms with E-state index in [1.165, 1.54) is 11.3 Å². The van der Waals surface area contributed by atoms with Gasteiger partial charge in [0.25, 0.3) is 0 Å². The first kappa shape index (κ1) is 10.8. The van der Waals surface area contributed by atoms with Crippen LogP contribution in [0.25, 0.3) is 5.65 Å². The Kier molecular flexibility index (Phi) is 3.69. The summed E-state index contributed by atoms with van der Waals surface area (Å²) in [6, 6.07) is 4.28. The lowest BCUT2D eigenvalue weighted by molar-refractivity contribution is 1.04. The van der Waals surface area contributed by atoms with Crippen LogP contribution in [0.3, 0.4) is 0 Å². The van der Waals surface area contributed by atoms with Crippen molar-refractivity contribution < 1.29 is 0 Å². The van der Waals surface area contributed by atoms with Crippen molar-refractivity contribution in [1.29, 1.82) is 0 Å². The van der Waals surface area contributed by atoms with Crippen LogP contribution in [0.1, 0.15) is 32.0 Å². The normalized spacial score (nSPS) is 9.71. The van der Waals surface area contributed by atoms with Crippen molar-refractivity contribution in [1.82, 2.24) is 9.38 Å². The van der Waals surface area contributed by atoms with Crippen molar-refractivity contribution in [3.63, 3.8) is 0 Å². The van der Waals surface area contributed by atoms with Crippen LogP contribution >= 0.6 is 0 Å². The predicted octanol–water partition coefficient (Wildman–Crippen LogP) is 3.23. The summed E-state index contributed by atoms with van der Waals surface area (Å²) in [4.78, 5) is 4.31. The Balaban J connectivity index is 0.000000461. The quantitative estimate of drug-likeness (QED) is 0.675. The molecule has 0 unspecified atom stereocenters. The van der Waals surface area contributed by atoms with Crippen LogP contribution in [0, 0.1) is 6.92 Å². The first-order valence-corrected chi connectivity index (χ1v) is 5.24. The van der Waals surface area contributed by atoms with Crippen LogP contribution in [0.2, 0.25) is 0 Å². The molecule has 0 saturated carbocycles. The summed E-state index contributed by atoms with van der Waals surface area (Å²) in [5.41, 5.74) is 3.64. The Hall–Kier alpha value is -1.31. The van der Waals surface area contributed by atoms with Crippen LogP contribution in [0.4, 0.5) is 0 Å². The molecule has 0 saturated heterocycles. The van der Waals surface area contributed by atoms with Crippen LogP contribution in [0.15, 0.2) is 24.5 Å². The summed E-state index contributed by atoms with van der Waals surface area (Å²) in [5, 5.41) is 0. The van der Waals surface area contributed by atoms with Gasteiger partial charge in [0.2, 0.25) is 0 Å². The molecule has 2 rings (SSSR count). The number of rotatable bonds is 1. The molecule has 0 aromatic carbocycles. The molecule has 76 valence electrons. The van der Waals surface area contributed by atoms with E-state index in [4.69, 9.17) is 0 Å². The van der Waals surface area contributed by atoms with E-state index in [1.807, 2.05) is 26.2 Å². The molecule has 14 heavy (non-hydrogen) atoms. The SMILES string of the molecule is CC.CCc1ccc(C)n2ccnc12. The molecule has 0 radical (unpaired) electrons. The van der Waals surface area contributed by atoms with Gasteiger partial charge in [-0.25, -0.2) is 4.98 Å². The summed E-state index contributed by atoms with van der Waals surface area (Å²) < 4.78 is 2.12. The third kappa shape index (κ3) is 1.79. The molecule has 0 aliphatic heterocycles. The summed E-state index contributed by atoms with van der Waals surface area (Å²) in [6.07, 6.45) is 4.89. The zero-order chi connectivity index (χ0) is 10.6. The highest BCUT2D eigenvalue weighted by atomic mass is 15.0. The lowest BCUT2D eigenvalue weighted by Crippen LogP contribution is -1.93. The molecular weight excluding hydrogens is 172 g/mol. The number of nitrogens with zero attached hydrogens (tertiary/aromatic N) is 2. The molecule has 0 atom stereocenters. The van der Waals surface area contributed by atoms with Crippen molar-refractivity contribution >= 4 is 5.65 Å². The molecule has 0 amide bonds. The average Bonchev–Trinajstić information content (AvgIpc) is 2.71. The second-order valence-electron chi connectivity index (χ2n) is 2.97. The zero-order valence-electron chi connectivity index (χ0n) is 9.41. The van der Waals surface area contributed by atoms with Gasteiger partial charge in [-0.15, -0.1) is 0 Å². The van der Waals surface area contributed by atoms with E-state index in [-0.39, 0.29) is 0 Å². The van der Waals surface area contributed by atoms with Crippen molar-refractivity contribution in [3.05, 3.63) is 35.8 Å². The Morgan fingerprint density at radius 3 is 2.64 bits per heavy atom. The van der Waals surface area contributed by atoms with Gasteiger partial charge >= 0.3 is 0 Å². The Morgan fingerprint density at radius 1 is 1.29 bits per heavy atom. The number of fused-ring (bicyclic) bond motifs is 1. The fourth-order valence-corrected chi connectivity index (χ4v) is 1.48. The minimum absolute atomic E-state index is 1.04. The van der Waals surface area contributed by atoms with E-state index in [0.717, 1.165) is 12.1 Å². The molecule has 0 aliphatic carbocycles. The molecule has 0 fully saturated rings. The smallest absolute Gasteiger partial charge is 0.140 e. The maximum atomic E-state index is 4.31. The average molecular weight is 190 g/mol. The summed E-state index contributed by atoms with van der Waals surface area (Å²) in [5.74, 6) is 0. The highest BCUT2D eigenvalue weighted by Crippen LogP contribution is 2.11. The third-order valence-corrected chi connectivity index (χ3v) is 2.21. The topological polar surface area (TPSA) is 17.3 Å². The van der Waals surface area contributed by atoms with E-state index >= 15 is 0 Å². The predicted molar refractivity (Wildman–Crippen MR) is 60.7 cm³/mol. The van der Waals surface area contributed by atoms with Crippen LogP contribution in [-0.4, -0.2) is 9.38 Å². The minimum Gasteiger partial charge on any atom is -0.304 e. The molecule has 2 heterocycles. The Labute approximate surface area is 85.6 Å². The largest absolute Gasteiger partial charge is 0.304 e. The lowest BCUT2D eigenvalue weighted by atomic mass is 10.2. The molecular formula is C12H18N2. The summed E-state index contributed by atoms with van der Waals surface area (Å²) in [6.45, 7) is 8.24. The van der Waals surface area contributed by atoms with E-state index < -0.39 is 0 Å². The fourth-order valence-electron chi connectivity index (χ4n) is 1.48. The highest BCUT2D eigenvalue weighted by Gasteiger charge is 2.01. The number of hydrogen-bond acceptors (Lipinski definition) is 1. The van der Waals surface area contributed by atoms with Crippen molar-refractivity contribution in [3.8, 4) is 0 Å². The standard InChI is InChI=1S/C10H12N2.C2H6/c1-3-9-5-4-8(2)12-7-6-11-10(9)12;1-2/h4-7H,3H2,1-2H3;1-2H3. The number of hydrogen-bond donors (Lipinski definition) is 0. The first-order valence-electron chi connectivity index (χ1n) is 5.24. The number of aromatic nitrogens is 2. The molecule has 2 aromatic heterocycles. The van der Waals surface area contributed by atoms with Gasteiger partial charge in [0.15, 0.2) is 0 Å². The van der Waals surface area contributed by atoms with Crippen LogP contribution in [-0.2, 0) is 6.42 Å². The van der Waals surface area contributed by atoms with Gasteiger partial charge in [0.1, 0.15) is 5.65 Å². The van der Waals surface area contributed by atoms with Gasteiger partial charge in [-0.2, -0.15) is 0 Å². The van der Waals surface area contributed by atoms with Crippen molar-refractivity contribution in [2.75, 3.05) is 0 Å². The van der Waals surface area contributed by atoms with Gasteiger partial charge in [0.05, 0.1) is 0 Å². The van der Waals surface area contributed by atoms with E-state index in [2.05, 4.69) is 35.4 Å². The lowest BCUT2D eigenvalue weighted by Gasteiger charge is -2.02. The van der Waals surface area contributed by atoms with Gasteiger partial charge in [-0.1, -0.05) is 26.8 Å². The van der Waals surface area contributed by atoms with Gasteiger partial charge < -0.3 is 4.40 Å². The molecule has 0 aliphatic rings. The van der Waals surface area contributed by atoms with E-state index in [0.29, 0.717) is 0 Å². The van der Waals surface area contributed by atoms with E-state index in [1.54, 1.807) is 0 Å². The maximum absolute atomic E-state index is 4.31. The summed E-state index contributed by atoms with van der Waals surface area (Å²) >= 11 is 0.